The Labute approximate surface area is 139 Å². The standard InChI is InChI=1S/C16H18ClN3O3/c1-22-13-3-2-12(17)8-11(13)9-14(21)20-16(4-7-23-10-16)15-18-5-6-19-15/h2-3,5-6,8H,4,7,9-10H2,1H3,(H,18,19)(H,20,21). The average molecular weight is 336 g/mol. The Morgan fingerprint density at radius 3 is 3.09 bits per heavy atom. The van der Waals surface area contributed by atoms with E-state index in [1.165, 1.54) is 0 Å². The fourth-order valence-corrected chi connectivity index (χ4v) is 3.00. The van der Waals surface area contributed by atoms with Gasteiger partial charge in [-0.15, -0.1) is 0 Å². The molecular weight excluding hydrogens is 318 g/mol. The summed E-state index contributed by atoms with van der Waals surface area (Å²) in [5.41, 5.74) is 0.137. The number of hydrogen-bond acceptors (Lipinski definition) is 4. The van der Waals surface area contributed by atoms with Crippen LogP contribution >= 0.6 is 11.6 Å². The van der Waals surface area contributed by atoms with Gasteiger partial charge in [0.1, 0.15) is 17.1 Å². The van der Waals surface area contributed by atoms with Crippen LogP contribution in [-0.4, -0.2) is 36.2 Å². The van der Waals surface area contributed by atoms with Gasteiger partial charge in [0.2, 0.25) is 5.91 Å². The number of nitrogens with zero attached hydrogens (tertiary/aromatic N) is 1. The van der Waals surface area contributed by atoms with E-state index in [9.17, 15) is 4.79 Å². The van der Waals surface area contributed by atoms with E-state index >= 15 is 0 Å². The predicted molar refractivity (Wildman–Crippen MR) is 85.6 cm³/mol. The van der Waals surface area contributed by atoms with Gasteiger partial charge in [-0.3, -0.25) is 4.79 Å². The molecule has 1 amide bonds. The summed E-state index contributed by atoms with van der Waals surface area (Å²) in [4.78, 5) is 19.9. The number of aromatic amines is 1. The number of nitrogens with one attached hydrogen (secondary N) is 2. The molecule has 0 spiro atoms. The minimum atomic E-state index is -0.605. The summed E-state index contributed by atoms with van der Waals surface area (Å²) in [6, 6.07) is 5.23. The molecule has 0 bridgehead atoms. The Bertz CT molecular complexity index is 682. The van der Waals surface area contributed by atoms with Gasteiger partial charge < -0.3 is 19.8 Å². The molecule has 2 aromatic rings. The zero-order valence-electron chi connectivity index (χ0n) is 12.8. The number of benzene rings is 1. The van der Waals surface area contributed by atoms with E-state index in [1.54, 1.807) is 37.7 Å². The summed E-state index contributed by atoms with van der Waals surface area (Å²) in [5, 5.41) is 3.63. The van der Waals surface area contributed by atoms with Gasteiger partial charge in [-0.1, -0.05) is 11.6 Å². The highest BCUT2D eigenvalue weighted by Gasteiger charge is 2.40. The van der Waals surface area contributed by atoms with Gasteiger partial charge in [0.25, 0.3) is 0 Å². The molecule has 1 atom stereocenters. The Kier molecular flexibility index (Phi) is 4.54. The molecule has 1 aliphatic rings. The highest BCUT2D eigenvalue weighted by molar-refractivity contribution is 6.30. The smallest absolute Gasteiger partial charge is 0.225 e. The zero-order chi connectivity index (χ0) is 16.3. The van der Waals surface area contributed by atoms with Crippen molar-refractivity contribution in [2.24, 2.45) is 0 Å². The first-order valence-corrected chi connectivity index (χ1v) is 7.72. The largest absolute Gasteiger partial charge is 0.496 e. The molecule has 1 unspecified atom stereocenters. The van der Waals surface area contributed by atoms with E-state index in [0.717, 1.165) is 5.56 Å². The third-order valence-corrected chi connectivity index (χ3v) is 4.18. The Morgan fingerprint density at radius 1 is 1.57 bits per heavy atom. The summed E-state index contributed by atoms with van der Waals surface area (Å²) in [6.07, 6.45) is 4.26. The first-order chi connectivity index (χ1) is 11.1. The molecule has 1 aromatic heterocycles. The van der Waals surface area contributed by atoms with Crippen LogP contribution < -0.4 is 10.1 Å². The topological polar surface area (TPSA) is 76.2 Å². The quantitative estimate of drug-likeness (QED) is 0.876. The minimum absolute atomic E-state index is 0.132. The van der Waals surface area contributed by atoms with Crippen molar-refractivity contribution in [1.82, 2.24) is 15.3 Å². The number of halogens is 1. The van der Waals surface area contributed by atoms with Gasteiger partial charge >= 0.3 is 0 Å². The molecule has 2 N–H and O–H groups in total. The summed E-state index contributed by atoms with van der Waals surface area (Å²) in [7, 11) is 1.57. The molecular formula is C16H18ClN3O3. The lowest BCUT2D eigenvalue weighted by Gasteiger charge is -2.26. The van der Waals surface area contributed by atoms with E-state index in [0.29, 0.717) is 36.2 Å². The van der Waals surface area contributed by atoms with Gasteiger partial charge in [0.15, 0.2) is 0 Å². The van der Waals surface area contributed by atoms with Gasteiger partial charge in [-0.25, -0.2) is 4.98 Å². The Morgan fingerprint density at radius 2 is 2.43 bits per heavy atom. The highest BCUT2D eigenvalue weighted by atomic mass is 35.5. The molecule has 6 nitrogen and oxygen atoms in total. The van der Waals surface area contributed by atoms with Gasteiger partial charge in [0, 0.05) is 36.0 Å². The lowest BCUT2D eigenvalue weighted by atomic mass is 9.97. The van der Waals surface area contributed by atoms with Gasteiger partial charge in [-0.2, -0.15) is 0 Å². The number of ether oxygens (including phenoxy) is 2. The SMILES string of the molecule is COc1ccc(Cl)cc1CC(=O)NC1(c2ncc[nH]2)CCOC1. The number of hydrogen-bond donors (Lipinski definition) is 2. The molecule has 23 heavy (non-hydrogen) atoms. The van der Waals surface area contributed by atoms with Crippen molar-refractivity contribution in [3.63, 3.8) is 0 Å². The predicted octanol–water partition coefficient (Wildman–Crippen LogP) is 2.05. The number of amides is 1. The Hall–Kier alpha value is -2.05. The maximum atomic E-state index is 12.5. The molecule has 122 valence electrons. The van der Waals surface area contributed by atoms with Crippen molar-refractivity contribution < 1.29 is 14.3 Å². The van der Waals surface area contributed by atoms with Gasteiger partial charge in [0.05, 0.1) is 20.1 Å². The molecule has 1 saturated heterocycles. The second-order valence-electron chi connectivity index (χ2n) is 5.50. The van der Waals surface area contributed by atoms with E-state index in [-0.39, 0.29) is 12.3 Å². The minimum Gasteiger partial charge on any atom is -0.496 e. The molecule has 0 aliphatic carbocycles. The number of rotatable bonds is 5. The first-order valence-electron chi connectivity index (χ1n) is 7.34. The van der Waals surface area contributed by atoms with Crippen LogP contribution in [0.2, 0.25) is 5.02 Å². The average Bonchev–Trinajstić information content (AvgIpc) is 3.19. The third-order valence-electron chi connectivity index (χ3n) is 3.95. The summed E-state index contributed by atoms with van der Waals surface area (Å²) < 4.78 is 10.8. The Balaban J connectivity index is 1.77. The number of carbonyl (C=O) groups is 1. The number of H-pyrrole nitrogens is 1. The molecule has 0 radical (unpaired) electrons. The fraction of sp³-hybridized carbons (Fsp3) is 0.375. The van der Waals surface area contributed by atoms with Crippen molar-refractivity contribution in [1.29, 1.82) is 0 Å². The molecule has 0 saturated carbocycles. The highest BCUT2D eigenvalue weighted by Crippen LogP contribution is 2.29. The first kappa shape index (κ1) is 15.8. The van der Waals surface area contributed by atoms with Crippen LogP contribution in [0.5, 0.6) is 5.75 Å². The van der Waals surface area contributed by atoms with Crippen molar-refractivity contribution in [2.75, 3.05) is 20.3 Å². The second kappa shape index (κ2) is 6.60. The van der Waals surface area contributed by atoms with Crippen molar-refractivity contribution in [3.05, 3.63) is 47.0 Å². The fourth-order valence-electron chi connectivity index (χ4n) is 2.81. The monoisotopic (exact) mass is 335 g/mol. The van der Waals surface area contributed by atoms with Crippen LogP contribution in [0.3, 0.4) is 0 Å². The van der Waals surface area contributed by atoms with Crippen molar-refractivity contribution in [3.8, 4) is 5.75 Å². The van der Waals surface area contributed by atoms with Crippen LogP contribution in [0, 0.1) is 0 Å². The van der Waals surface area contributed by atoms with E-state index < -0.39 is 5.54 Å². The lowest BCUT2D eigenvalue weighted by Crippen LogP contribution is -2.47. The van der Waals surface area contributed by atoms with E-state index in [4.69, 9.17) is 21.1 Å². The van der Waals surface area contributed by atoms with Crippen molar-refractivity contribution in [2.45, 2.75) is 18.4 Å². The molecule has 3 rings (SSSR count). The maximum Gasteiger partial charge on any atom is 0.225 e. The molecule has 1 fully saturated rings. The van der Waals surface area contributed by atoms with Crippen LogP contribution in [0.25, 0.3) is 0 Å². The van der Waals surface area contributed by atoms with Crippen LogP contribution in [-0.2, 0) is 21.5 Å². The third kappa shape index (κ3) is 3.33. The van der Waals surface area contributed by atoms with Crippen LogP contribution in [0.4, 0.5) is 0 Å². The number of imidazole rings is 1. The lowest BCUT2D eigenvalue weighted by molar-refractivity contribution is -0.122. The molecule has 1 aliphatic heterocycles. The summed E-state index contributed by atoms with van der Waals surface area (Å²) in [6.45, 7) is 0.987. The zero-order valence-corrected chi connectivity index (χ0v) is 13.5. The van der Waals surface area contributed by atoms with E-state index in [2.05, 4.69) is 15.3 Å². The van der Waals surface area contributed by atoms with Crippen molar-refractivity contribution >= 4 is 17.5 Å². The molecule has 2 heterocycles. The number of methoxy groups -OCH3 is 1. The number of aromatic nitrogens is 2. The maximum absolute atomic E-state index is 12.5. The van der Waals surface area contributed by atoms with Crippen LogP contribution in [0.15, 0.2) is 30.6 Å². The van der Waals surface area contributed by atoms with Crippen LogP contribution in [0.1, 0.15) is 17.8 Å². The summed E-state index contributed by atoms with van der Waals surface area (Å²) >= 11 is 6.01. The summed E-state index contributed by atoms with van der Waals surface area (Å²) in [5.74, 6) is 1.22. The van der Waals surface area contributed by atoms with Gasteiger partial charge in [-0.05, 0) is 18.2 Å². The normalized spacial score (nSPS) is 20.4. The molecule has 7 heteroatoms. The second-order valence-corrected chi connectivity index (χ2v) is 5.94. The number of carbonyl (C=O) groups excluding carboxylic acids is 1. The molecule has 1 aromatic carbocycles. The van der Waals surface area contributed by atoms with E-state index in [1.807, 2.05) is 0 Å².